The van der Waals surface area contributed by atoms with Crippen LogP contribution in [0.3, 0.4) is 0 Å². The number of aliphatic hydroxyl groups is 1. The molecule has 0 radical (unpaired) electrons. The third-order valence-corrected chi connectivity index (χ3v) is 10.4. The lowest BCUT2D eigenvalue weighted by Crippen LogP contribution is -2.67. The predicted octanol–water partition coefficient (Wildman–Crippen LogP) is 2.83. The van der Waals surface area contributed by atoms with Gasteiger partial charge in [0.2, 0.25) is 0 Å². The van der Waals surface area contributed by atoms with E-state index in [2.05, 4.69) is 6.92 Å². The lowest BCUT2D eigenvalue weighted by atomic mass is 9.42. The highest BCUT2D eigenvalue weighted by atomic mass is 16.6. The van der Waals surface area contributed by atoms with E-state index in [0.29, 0.717) is 38.7 Å². The first-order chi connectivity index (χ1) is 15.1. The van der Waals surface area contributed by atoms with Crippen LogP contribution in [0.5, 0.6) is 0 Å². The van der Waals surface area contributed by atoms with Crippen molar-refractivity contribution >= 4 is 17.9 Å². The minimum Gasteiger partial charge on any atom is -0.462 e. The van der Waals surface area contributed by atoms with Crippen LogP contribution in [0.15, 0.2) is 11.6 Å². The Balaban J connectivity index is 1.35. The number of esters is 3. The zero-order valence-corrected chi connectivity index (χ0v) is 18.9. The molecule has 32 heavy (non-hydrogen) atoms. The molecule has 2 aliphatic heterocycles. The Hall–Kier alpha value is -1.89. The maximum atomic E-state index is 13.6. The van der Waals surface area contributed by atoms with E-state index in [1.54, 1.807) is 6.08 Å². The molecule has 0 aromatic carbocycles. The van der Waals surface area contributed by atoms with E-state index in [1.165, 1.54) is 6.92 Å². The van der Waals surface area contributed by atoms with E-state index in [4.69, 9.17) is 14.2 Å². The standard InChI is InChI=1S/C25H32O7/c1-14(26)31-16-5-8-24-19-6-7-22(2)17(15-11-20(27)30-13-15)3-4-18(22)25(19,32-21(24)28)10-9-23(24,29)12-16/h11,16-19,29H,3-10,12-13H2,1-2H3/t16-,17+,18+,19+,22+,23-,24+,25+/m0/s1. The van der Waals surface area contributed by atoms with Crippen LogP contribution in [-0.4, -0.2) is 46.9 Å². The minimum absolute atomic E-state index is 0.00760. The van der Waals surface area contributed by atoms with E-state index >= 15 is 0 Å². The Bertz CT molecular complexity index is 941. The number of cyclic esters (lactones) is 1. The average Bonchev–Trinajstić information content (AvgIpc) is 3.34. The highest BCUT2D eigenvalue weighted by Crippen LogP contribution is 2.75. The summed E-state index contributed by atoms with van der Waals surface area (Å²) in [5, 5.41) is 11.9. The molecule has 1 saturated heterocycles. The highest BCUT2D eigenvalue weighted by Gasteiger charge is 2.80. The molecular weight excluding hydrogens is 412 g/mol. The summed E-state index contributed by atoms with van der Waals surface area (Å²) < 4.78 is 17.1. The third-order valence-electron chi connectivity index (χ3n) is 10.4. The number of fused-ring (bicyclic) bond motifs is 1. The molecule has 0 amide bonds. The van der Waals surface area contributed by atoms with Crippen molar-refractivity contribution in [3.05, 3.63) is 11.6 Å². The van der Waals surface area contributed by atoms with E-state index in [1.807, 2.05) is 0 Å². The number of hydrogen-bond acceptors (Lipinski definition) is 7. The van der Waals surface area contributed by atoms with Gasteiger partial charge in [0.05, 0.1) is 5.60 Å². The van der Waals surface area contributed by atoms with Crippen molar-refractivity contribution in [2.24, 2.45) is 28.6 Å². The second-order valence-electron chi connectivity index (χ2n) is 11.4. The van der Waals surface area contributed by atoms with Crippen molar-refractivity contribution in [3.63, 3.8) is 0 Å². The first kappa shape index (κ1) is 20.7. The largest absolute Gasteiger partial charge is 0.462 e. The fourth-order valence-corrected chi connectivity index (χ4v) is 9.27. The first-order valence-electron chi connectivity index (χ1n) is 12.1. The molecule has 4 saturated carbocycles. The maximum Gasteiger partial charge on any atom is 0.331 e. The molecule has 8 atom stereocenters. The second kappa shape index (κ2) is 6.37. The van der Waals surface area contributed by atoms with E-state index in [-0.39, 0.29) is 47.2 Å². The lowest BCUT2D eigenvalue weighted by Gasteiger charge is -2.61. The van der Waals surface area contributed by atoms with Gasteiger partial charge in [0.15, 0.2) is 0 Å². The molecule has 6 rings (SSSR count). The number of ether oxygens (including phenoxy) is 3. The topological polar surface area (TPSA) is 99.1 Å². The van der Waals surface area contributed by atoms with Crippen molar-refractivity contribution in [3.8, 4) is 0 Å². The van der Waals surface area contributed by atoms with Crippen LogP contribution in [0.2, 0.25) is 0 Å². The summed E-state index contributed by atoms with van der Waals surface area (Å²) in [6.45, 7) is 4.07. The molecular formula is C25H32O7. The van der Waals surface area contributed by atoms with Crippen LogP contribution in [0, 0.1) is 28.6 Å². The summed E-state index contributed by atoms with van der Waals surface area (Å²) in [7, 11) is 0. The van der Waals surface area contributed by atoms with Gasteiger partial charge in [0.25, 0.3) is 0 Å². The molecule has 2 bridgehead atoms. The maximum absolute atomic E-state index is 13.6. The number of carbonyl (C=O) groups is 3. The molecule has 4 aliphatic carbocycles. The summed E-state index contributed by atoms with van der Waals surface area (Å²) in [6.07, 6.45) is 7.58. The summed E-state index contributed by atoms with van der Waals surface area (Å²) in [6, 6.07) is 0. The lowest BCUT2D eigenvalue weighted by molar-refractivity contribution is -0.218. The van der Waals surface area contributed by atoms with Gasteiger partial charge in [-0.3, -0.25) is 9.59 Å². The van der Waals surface area contributed by atoms with Crippen LogP contribution in [0.25, 0.3) is 0 Å². The van der Waals surface area contributed by atoms with Crippen molar-refractivity contribution in [2.45, 2.75) is 88.9 Å². The summed E-state index contributed by atoms with van der Waals surface area (Å²) in [5.41, 5.74) is -1.58. The molecule has 7 nitrogen and oxygen atoms in total. The first-order valence-corrected chi connectivity index (χ1v) is 12.1. The normalized spacial score (nSPS) is 51.2. The minimum atomic E-state index is -1.19. The van der Waals surface area contributed by atoms with Crippen molar-refractivity contribution < 1.29 is 33.7 Å². The van der Waals surface area contributed by atoms with Gasteiger partial charge in [-0.2, -0.15) is 0 Å². The zero-order valence-electron chi connectivity index (χ0n) is 18.9. The number of hydrogen-bond donors (Lipinski definition) is 1. The Morgan fingerprint density at radius 3 is 2.62 bits per heavy atom. The highest BCUT2D eigenvalue weighted by molar-refractivity contribution is 5.85. The van der Waals surface area contributed by atoms with Crippen LogP contribution < -0.4 is 0 Å². The fraction of sp³-hybridized carbons (Fsp3) is 0.800. The Kier molecular flexibility index (Phi) is 4.12. The van der Waals surface area contributed by atoms with E-state index < -0.39 is 16.6 Å². The Morgan fingerprint density at radius 2 is 1.91 bits per heavy atom. The number of carbonyl (C=O) groups excluding carboxylic acids is 3. The molecule has 6 aliphatic rings. The molecule has 174 valence electrons. The second-order valence-corrected chi connectivity index (χ2v) is 11.4. The van der Waals surface area contributed by atoms with Crippen LogP contribution in [-0.2, 0) is 28.6 Å². The summed E-state index contributed by atoms with van der Waals surface area (Å²) >= 11 is 0. The fourth-order valence-electron chi connectivity index (χ4n) is 9.27. The molecule has 5 fully saturated rings. The van der Waals surface area contributed by atoms with Crippen molar-refractivity contribution in [1.29, 1.82) is 0 Å². The quantitative estimate of drug-likeness (QED) is 0.516. The Labute approximate surface area is 187 Å². The van der Waals surface area contributed by atoms with E-state index in [9.17, 15) is 19.5 Å². The molecule has 7 heteroatoms. The summed E-state index contributed by atoms with van der Waals surface area (Å²) in [5.74, 6) is -0.360. The molecule has 0 aromatic heterocycles. The van der Waals surface area contributed by atoms with Gasteiger partial charge in [-0.15, -0.1) is 0 Å². The van der Waals surface area contributed by atoms with Gasteiger partial charge in [0.1, 0.15) is 23.7 Å². The Morgan fingerprint density at radius 1 is 1.09 bits per heavy atom. The van der Waals surface area contributed by atoms with Gasteiger partial charge in [0, 0.05) is 31.3 Å². The van der Waals surface area contributed by atoms with Gasteiger partial charge in [-0.1, -0.05) is 6.92 Å². The van der Waals surface area contributed by atoms with Gasteiger partial charge in [-0.05, 0) is 68.3 Å². The third kappa shape index (κ3) is 2.33. The van der Waals surface area contributed by atoms with Gasteiger partial charge >= 0.3 is 17.9 Å². The molecule has 1 N–H and O–H groups in total. The SMILES string of the molecule is CC(=O)O[C@H]1CC[C@@]23C(=O)O[C@]4(CC[C@]2(O)C1)[C@@H]1CC[C@H](C2=CC(=O)OC2)[C@@]1(C)CC[C@@H]43. The van der Waals surface area contributed by atoms with Crippen LogP contribution in [0.1, 0.15) is 71.6 Å². The van der Waals surface area contributed by atoms with Crippen molar-refractivity contribution in [1.82, 2.24) is 0 Å². The van der Waals surface area contributed by atoms with Crippen molar-refractivity contribution in [2.75, 3.05) is 6.61 Å². The predicted molar refractivity (Wildman–Crippen MR) is 111 cm³/mol. The monoisotopic (exact) mass is 444 g/mol. The summed E-state index contributed by atoms with van der Waals surface area (Å²) in [4.78, 5) is 36.9. The molecule has 0 unspecified atom stereocenters. The van der Waals surface area contributed by atoms with Crippen LogP contribution in [0.4, 0.5) is 0 Å². The van der Waals surface area contributed by atoms with Crippen LogP contribution >= 0.6 is 0 Å². The van der Waals surface area contributed by atoms with Gasteiger partial charge in [-0.25, -0.2) is 4.79 Å². The average molecular weight is 445 g/mol. The number of rotatable bonds is 2. The molecule has 1 spiro atoms. The smallest absolute Gasteiger partial charge is 0.331 e. The molecule has 0 aromatic rings. The van der Waals surface area contributed by atoms with Gasteiger partial charge < -0.3 is 19.3 Å². The zero-order chi connectivity index (χ0) is 22.5. The van der Waals surface area contributed by atoms with E-state index in [0.717, 1.165) is 31.3 Å². The molecule has 2 heterocycles.